The van der Waals surface area contributed by atoms with Gasteiger partial charge < -0.3 is 20.0 Å². The number of hydrogen-bond donors (Lipinski definition) is 1. The quantitative estimate of drug-likeness (QED) is 0.684. The zero-order valence-electron chi connectivity index (χ0n) is 18.3. The number of piperazine rings is 1. The summed E-state index contributed by atoms with van der Waals surface area (Å²) in [7, 11) is 0. The largest absolute Gasteiger partial charge is 0.417 e. The van der Waals surface area contributed by atoms with Crippen LogP contribution in [0.15, 0.2) is 30.3 Å². The lowest BCUT2D eigenvalue weighted by molar-refractivity contribution is -0.137. The van der Waals surface area contributed by atoms with Crippen LogP contribution >= 0.6 is 11.6 Å². The fraction of sp³-hybridized carbons (Fsp3) is 0.500. The molecule has 4 rings (SSSR count). The number of nitrogens with one attached hydrogen (secondary N) is 1. The Balaban J connectivity index is 1.31. The highest BCUT2D eigenvalue weighted by Gasteiger charge is 2.33. The summed E-state index contributed by atoms with van der Waals surface area (Å²) in [6.07, 6.45) is -2.28. The van der Waals surface area contributed by atoms with E-state index < -0.39 is 22.8 Å². The van der Waals surface area contributed by atoms with E-state index in [0.717, 1.165) is 55.6 Å². The first-order valence-electron chi connectivity index (χ1n) is 11.0. The SMILES string of the molecule is CC1CCN(c2ccc(N3CCN(C(=O)Nc4ccc(Cl)c(C(F)(F)F)c4)CC3)nn2)CC1. The Morgan fingerprint density at radius 2 is 1.55 bits per heavy atom. The molecule has 178 valence electrons. The van der Waals surface area contributed by atoms with E-state index in [-0.39, 0.29) is 5.69 Å². The summed E-state index contributed by atoms with van der Waals surface area (Å²) in [6.45, 7) is 6.18. The second-order valence-electron chi connectivity index (χ2n) is 8.52. The van der Waals surface area contributed by atoms with Crippen molar-refractivity contribution in [2.45, 2.75) is 25.9 Å². The minimum Gasteiger partial charge on any atom is -0.355 e. The van der Waals surface area contributed by atoms with Crippen molar-refractivity contribution >= 4 is 35.0 Å². The standard InChI is InChI=1S/C22H26ClF3N6O/c1-15-6-8-30(9-7-15)19-4-5-20(29-28-19)31-10-12-32(13-11-31)21(33)27-16-2-3-18(23)17(14-16)22(24,25)26/h2-5,14-15H,6-13H2,1H3,(H,27,33). The number of carbonyl (C=O) groups is 1. The minimum atomic E-state index is -4.59. The van der Waals surface area contributed by atoms with Crippen molar-refractivity contribution in [2.75, 3.05) is 54.4 Å². The third-order valence-corrected chi connectivity index (χ3v) is 6.49. The monoisotopic (exact) mass is 482 g/mol. The Hall–Kier alpha value is -2.75. The molecule has 1 aromatic heterocycles. The average Bonchev–Trinajstić information content (AvgIpc) is 2.80. The van der Waals surface area contributed by atoms with E-state index in [1.807, 2.05) is 17.0 Å². The highest BCUT2D eigenvalue weighted by atomic mass is 35.5. The van der Waals surface area contributed by atoms with E-state index in [4.69, 9.17) is 11.6 Å². The number of aromatic nitrogens is 2. The number of amides is 2. The van der Waals surface area contributed by atoms with Gasteiger partial charge in [0, 0.05) is 45.0 Å². The smallest absolute Gasteiger partial charge is 0.355 e. The zero-order valence-corrected chi connectivity index (χ0v) is 19.0. The molecule has 11 heteroatoms. The van der Waals surface area contributed by atoms with E-state index >= 15 is 0 Å². The van der Waals surface area contributed by atoms with Crippen LogP contribution in [0.2, 0.25) is 5.02 Å². The summed E-state index contributed by atoms with van der Waals surface area (Å²) in [5.41, 5.74) is -0.930. The number of carbonyl (C=O) groups excluding carboxylic acids is 1. The molecule has 2 aliphatic heterocycles. The van der Waals surface area contributed by atoms with Gasteiger partial charge in [0.15, 0.2) is 11.6 Å². The second kappa shape index (κ2) is 9.62. The number of urea groups is 1. The van der Waals surface area contributed by atoms with Crippen LogP contribution in [0.5, 0.6) is 0 Å². The molecule has 2 aromatic rings. The number of nitrogens with zero attached hydrogens (tertiary/aromatic N) is 5. The van der Waals surface area contributed by atoms with Crippen LogP contribution in [-0.2, 0) is 6.18 Å². The van der Waals surface area contributed by atoms with Crippen LogP contribution < -0.4 is 15.1 Å². The molecule has 2 fully saturated rings. The maximum absolute atomic E-state index is 13.0. The van der Waals surface area contributed by atoms with Crippen LogP contribution in [0, 0.1) is 5.92 Å². The molecule has 1 N–H and O–H groups in total. The normalized spacial score (nSPS) is 17.9. The first-order valence-corrected chi connectivity index (χ1v) is 11.3. The number of piperidine rings is 1. The van der Waals surface area contributed by atoms with Crippen molar-refractivity contribution in [3.63, 3.8) is 0 Å². The molecular weight excluding hydrogens is 457 g/mol. The first kappa shape index (κ1) is 23.4. The Bertz CT molecular complexity index is 971. The van der Waals surface area contributed by atoms with Crippen molar-refractivity contribution in [2.24, 2.45) is 5.92 Å². The number of alkyl halides is 3. The van der Waals surface area contributed by atoms with Gasteiger partial charge in [-0.25, -0.2) is 4.79 Å². The van der Waals surface area contributed by atoms with E-state index in [0.29, 0.717) is 26.2 Å². The van der Waals surface area contributed by atoms with E-state index in [1.54, 1.807) is 4.90 Å². The molecule has 33 heavy (non-hydrogen) atoms. The molecule has 0 atom stereocenters. The number of rotatable bonds is 3. The first-order chi connectivity index (χ1) is 15.7. The molecule has 3 heterocycles. The Morgan fingerprint density at radius 1 is 0.970 bits per heavy atom. The van der Waals surface area contributed by atoms with Gasteiger partial charge in [-0.05, 0) is 49.1 Å². The number of benzene rings is 1. The van der Waals surface area contributed by atoms with Gasteiger partial charge in [0.25, 0.3) is 0 Å². The molecular formula is C22H26ClF3N6O. The van der Waals surface area contributed by atoms with Crippen LogP contribution in [0.25, 0.3) is 0 Å². The highest BCUT2D eigenvalue weighted by molar-refractivity contribution is 6.31. The van der Waals surface area contributed by atoms with Gasteiger partial charge in [0.05, 0.1) is 10.6 Å². The molecule has 0 saturated carbocycles. The molecule has 0 spiro atoms. The molecule has 2 saturated heterocycles. The van der Waals surface area contributed by atoms with E-state index in [9.17, 15) is 18.0 Å². The maximum Gasteiger partial charge on any atom is 0.417 e. The lowest BCUT2D eigenvalue weighted by atomic mass is 9.99. The highest BCUT2D eigenvalue weighted by Crippen LogP contribution is 2.36. The number of halogens is 4. The third-order valence-electron chi connectivity index (χ3n) is 6.16. The van der Waals surface area contributed by atoms with Crippen molar-refractivity contribution < 1.29 is 18.0 Å². The molecule has 0 aliphatic carbocycles. The average molecular weight is 483 g/mol. The van der Waals surface area contributed by atoms with Gasteiger partial charge in [-0.3, -0.25) is 0 Å². The Kier molecular flexibility index (Phi) is 6.83. The predicted molar refractivity (Wildman–Crippen MR) is 122 cm³/mol. The van der Waals surface area contributed by atoms with Crippen molar-refractivity contribution in [1.29, 1.82) is 0 Å². The summed E-state index contributed by atoms with van der Waals surface area (Å²) in [5.74, 6) is 2.37. The minimum absolute atomic E-state index is 0.0488. The summed E-state index contributed by atoms with van der Waals surface area (Å²) in [5, 5.41) is 10.9. The molecule has 1 aromatic carbocycles. The van der Waals surface area contributed by atoms with Crippen LogP contribution in [0.3, 0.4) is 0 Å². The van der Waals surface area contributed by atoms with Crippen LogP contribution in [0.1, 0.15) is 25.3 Å². The van der Waals surface area contributed by atoms with Gasteiger partial charge in [-0.15, -0.1) is 10.2 Å². The van der Waals surface area contributed by atoms with E-state index in [1.165, 1.54) is 6.07 Å². The van der Waals surface area contributed by atoms with Gasteiger partial charge in [-0.1, -0.05) is 18.5 Å². The van der Waals surface area contributed by atoms with Gasteiger partial charge in [-0.2, -0.15) is 13.2 Å². The van der Waals surface area contributed by atoms with Crippen molar-refractivity contribution in [1.82, 2.24) is 15.1 Å². The van der Waals surface area contributed by atoms with Crippen LogP contribution in [0.4, 0.5) is 35.3 Å². The summed E-state index contributed by atoms with van der Waals surface area (Å²) >= 11 is 5.64. The number of anilines is 3. The van der Waals surface area contributed by atoms with E-state index in [2.05, 4.69) is 27.3 Å². The summed E-state index contributed by atoms with van der Waals surface area (Å²) in [6, 6.07) is 6.80. The molecule has 7 nitrogen and oxygen atoms in total. The number of hydrogen-bond acceptors (Lipinski definition) is 5. The molecule has 2 aliphatic rings. The van der Waals surface area contributed by atoms with Gasteiger partial charge in [0.2, 0.25) is 0 Å². The molecule has 0 unspecified atom stereocenters. The summed E-state index contributed by atoms with van der Waals surface area (Å²) < 4.78 is 39.1. The van der Waals surface area contributed by atoms with Crippen LogP contribution in [-0.4, -0.2) is 60.4 Å². The lowest BCUT2D eigenvalue weighted by Gasteiger charge is -2.35. The lowest BCUT2D eigenvalue weighted by Crippen LogP contribution is -2.50. The topological polar surface area (TPSA) is 64.6 Å². The molecule has 2 amide bonds. The summed E-state index contributed by atoms with van der Waals surface area (Å²) in [4.78, 5) is 18.4. The fourth-order valence-corrected chi connectivity index (χ4v) is 4.28. The zero-order chi connectivity index (χ0) is 23.6. The maximum atomic E-state index is 13.0. The molecule has 0 bridgehead atoms. The van der Waals surface area contributed by atoms with Gasteiger partial charge >= 0.3 is 12.2 Å². The van der Waals surface area contributed by atoms with Crippen molar-refractivity contribution in [3.8, 4) is 0 Å². The molecule has 0 radical (unpaired) electrons. The third kappa shape index (κ3) is 5.61. The Morgan fingerprint density at radius 3 is 2.09 bits per heavy atom. The van der Waals surface area contributed by atoms with Gasteiger partial charge in [0.1, 0.15) is 0 Å². The second-order valence-corrected chi connectivity index (χ2v) is 8.92. The Labute approximate surface area is 195 Å². The fourth-order valence-electron chi connectivity index (χ4n) is 4.05. The van der Waals surface area contributed by atoms with Crippen molar-refractivity contribution in [3.05, 3.63) is 40.9 Å². The predicted octanol–water partition coefficient (Wildman–Crippen LogP) is 4.74.